The molecule has 2 aromatic rings. The highest BCUT2D eigenvalue weighted by atomic mass is 32.2. The molecule has 0 saturated heterocycles. The minimum absolute atomic E-state index is 0.339. The van der Waals surface area contributed by atoms with Crippen molar-refractivity contribution in [3.05, 3.63) is 42.1 Å². The van der Waals surface area contributed by atoms with Gasteiger partial charge in [-0.15, -0.1) is 11.3 Å². The van der Waals surface area contributed by atoms with Crippen LogP contribution in [0.4, 0.5) is 0 Å². The van der Waals surface area contributed by atoms with Crippen molar-refractivity contribution in [3.63, 3.8) is 0 Å². The van der Waals surface area contributed by atoms with Crippen LogP contribution in [0.25, 0.3) is 0 Å². The zero-order valence-corrected chi connectivity index (χ0v) is 12.9. The quantitative estimate of drug-likeness (QED) is 0.234. The standard InChI is InChI=1S/C11H13N5O3S2/c1-5-6(3-7(21-5)8(17)14-12)4-20-11-13-9(18)10(19)15-16(11)2/h3H,4,12H2,1-2H3,(H,14,17)(H,15,19). The second-order valence-electron chi connectivity index (χ2n) is 4.15. The van der Waals surface area contributed by atoms with Crippen LogP contribution in [-0.2, 0) is 12.8 Å². The molecular weight excluding hydrogens is 314 g/mol. The Hall–Kier alpha value is -1.91. The van der Waals surface area contributed by atoms with Gasteiger partial charge in [-0.05, 0) is 18.6 Å². The van der Waals surface area contributed by atoms with Crippen molar-refractivity contribution in [1.82, 2.24) is 20.2 Å². The molecule has 0 saturated carbocycles. The number of H-pyrrole nitrogens is 1. The van der Waals surface area contributed by atoms with E-state index < -0.39 is 11.1 Å². The topological polar surface area (TPSA) is 123 Å². The number of nitrogen functional groups attached to an aromatic ring is 1. The highest BCUT2D eigenvalue weighted by molar-refractivity contribution is 7.98. The van der Waals surface area contributed by atoms with Gasteiger partial charge in [0, 0.05) is 17.7 Å². The third-order valence-electron chi connectivity index (χ3n) is 2.68. The first-order valence-electron chi connectivity index (χ1n) is 5.82. The van der Waals surface area contributed by atoms with E-state index in [1.54, 1.807) is 13.1 Å². The lowest BCUT2D eigenvalue weighted by Gasteiger charge is -2.05. The predicted molar refractivity (Wildman–Crippen MR) is 80.4 cm³/mol. The number of nitrogens with two attached hydrogens (primary N) is 1. The van der Waals surface area contributed by atoms with Crippen LogP contribution in [0.1, 0.15) is 20.1 Å². The number of hydrogen-bond donors (Lipinski definition) is 3. The fraction of sp³-hybridized carbons (Fsp3) is 0.273. The van der Waals surface area contributed by atoms with E-state index in [1.807, 2.05) is 6.92 Å². The van der Waals surface area contributed by atoms with Crippen molar-refractivity contribution in [2.24, 2.45) is 12.9 Å². The molecule has 2 rings (SSSR count). The summed E-state index contributed by atoms with van der Waals surface area (Å²) in [5.41, 5.74) is 1.46. The first-order chi connectivity index (χ1) is 9.92. The number of hydrogen-bond acceptors (Lipinski definition) is 7. The number of hydrazine groups is 1. The van der Waals surface area contributed by atoms with E-state index in [0.717, 1.165) is 10.4 Å². The van der Waals surface area contributed by atoms with Crippen molar-refractivity contribution < 1.29 is 4.79 Å². The highest BCUT2D eigenvalue weighted by Gasteiger charge is 2.13. The van der Waals surface area contributed by atoms with E-state index in [-0.39, 0.29) is 5.91 Å². The molecule has 2 aromatic heterocycles. The first kappa shape index (κ1) is 15.5. The van der Waals surface area contributed by atoms with Crippen LogP contribution >= 0.6 is 23.1 Å². The number of thiophene rings is 1. The average molecular weight is 327 g/mol. The third kappa shape index (κ3) is 3.40. The molecule has 0 radical (unpaired) electrons. The molecule has 0 fully saturated rings. The molecule has 0 unspecified atom stereocenters. The summed E-state index contributed by atoms with van der Waals surface area (Å²) in [5.74, 6) is 5.28. The van der Waals surface area contributed by atoms with Gasteiger partial charge in [-0.2, -0.15) is 4.98 Å². The number of aromatic nitrogens is 3. The van der Waals surface area contributed by atoms with E-state index in [9.17, 15) is 14.4 Å². The molecule has 4 N–H and O–H groups in total. The summed E-state index contributed by atoms with van der Waals surface area (Å²) in [6, 6.07) is 1.75. The lowest BCUT2D eigenvalue weighted by Crippen LogP contribution is -2.33. The van der Waals surface area contributed by atoms with Crippen LogP contribution in [0.2, 0.25) is 0 Å². The zero-order chi connectivity index (χ0) is 15.6. The number of nitrogens with one attached hydrogen (secondary N) is 2. The van der Waals surface area contributed by atoms with Crippen molar-refractivity contribution in [1.29, 1.82) is 0 Å². The number of amides is 1. The molecule has 1 amide bonds. The summed E-state index contributed by atoms with van der Waals surface area (Å²) in [7, 11) is 1.60. The number of carbonyl (C=O) groups is 1. The van der Waals surface area contributed by atoms with Gasteiger partial charge in [0.15, 0.2) is 5.16 Å². The van der Waals surface area contributed by atoms with E-state index >= 15 is 0 Å². The molecule has 0 atom stereocenters. The minimum Gasteiger partial charge on any atom is -0.289 e. The second-order valence-corrected chi connectivity index (χ2v) is 6.35. The normalized spacial score (nSPS) is 10.6. The molecule has 0 aliphatic rings. The fourth-order valence-electron chi connectivity index (χ4n) is 1.58. The van der Waals surface area contributed by atoms with E-state index in [4.69, 9.17) is 5.84 Å². The Morgan fingerprint density at radius 1 is 1.57 bits per heavy atom. The summed E-state index contributed by atoms with van der Waals surface area (Å²) in [6.45, 7) is 1.90. The first-order valence-corrected chi connectivity index (χ1v) is 7.63. The summed E-state index contributed by atoms with van der Waals surface area (Å²) < 4.78 is 1.39. The Labute approximate surface area is 127 Å². The smallest absolute Gasteiger partial charge is 0.289 e. The largest absolute Gasteiger partial charge is 0.339 e. The predicted octanol–water partition coefficient (Wildman–Crippen LogP) is -0.266. The molecule has 0 bridgehead atoms. The molecule has 21 heavy (non-hydrogen) atoms. The van der Waals surface area contributed by atoms with Gasteiger partial charge < -0.3 is 0 Å². The Balaban J connectivity index is 2.19. The van der Waals surface area contributed by atoms with Gasteiger partial charge in [-0.25, -0.2) is 5.84 Å². The lowest BCUT2D eigenvalue weighted by atomic mass is 10.3. The molecule has 10 heteroatoms. The van der Waals surface area contributed by atoms with Crippen molar-refractivity contribution in [3.8, 4) is 0 Å². The Bertz CT molecular complexity index is 792. The number of aromatic amines is 1. The molecule has 2 heterocycles. The molecule has 0 aromatic carbocycles. The molecule has 8 nitrogen and oxygen atoms in total. The molecule has 0 aliphatic heterocycles. The number of thioether (sulfide) groups is 1. The third-order valence-corrected chi connectivity index (χ3v) is 4.85. The monoisotopic (exact) mass is 327 g/mol. The van der Waals surface area contributed by atoms with Crippen LogP contribution in [0.15, 0.2) is 20.8 Å². The van der Waals surface area contributed by atoms with Gasteiger partial charge >= 0.3 is 11.1 Å². The molecule has 112 valence electrons. The zero-order valence-electron chi connectivity index (χ0n) is 11.3. The molecule has 0 aliphatic carbocycles. The van der Waals surface area contributed by atoms with Gasteiger partial charge in [0.05, 0.1) is 4.88 Å². The van der Waals surface area contributed by atoms with Gasteiger partial charge in [-0.1, -0.05) is 11.8 Å². The van der Waals surface area contributed by atoms with Crippen LogP contribution in [0, 0.1) is 6.92 Å². The van der Waals surface area contributed by atoms with E-state index in [2.05, 4.69) is 15.5 Å². The van der Waals surface area contributed by atoms with Crippen LogP contribution < -0.4 is 22.4 Å². The second kappa shape index (κ2) is 6.24. The fourth-order valence-corrected chi connectivity index (χ4v) is 3.59. The van der Waals surface area contributed by atoms with E-state index in [1.165, 1.54) is 27.8 Å². The average Bonchev–Trinajstić information content (AvgIpc) is 2.82. The van der Waals surface area contributed by atoms with Crippen LogP contribution in [0.3, 0.4) is 0 Å². The molecular formula is C11H13N5O3S2. The number of carbonyl (C=O) groups excluding carboxylic acids is 1. The number of aryl methyl sites for hydroxylation is 2. The summed E-state index contributed by atoms with van der Waals surface area (Å²) in [5, 5.41) is 2.78. The van der Waals surface area contributed by atoms with Gasteiger partial charge in [0.1, 0.15) is 0 Å². The van der Waals surface area contributed by atoms with Crippen molar-refractivity contribution >= 4 is 29.0 Å². The maximum absolute atomic E-state index is 11.5. The highest BCUT2D eigenvalue weighted by Crippen LogP contribution is 2.27. The molecule has 0 spiro atoms. The maximum Gasteiger partial charge on any atom is 0.339 e. The Morgan fingerprint density at radius 2 is 2.29 bits per heavy atom. The van der Waals surface area contributed by atoms with Crippen molar-refractivity contribution in [2.45, 2.75) is 17.8 Å². The van der Waals surface area contributed by atoms with Gasteiger partial charge in [0.25, 0.3) is 5.91 Å². The number of nitrogens with zero attached hydrogens (tertiary/aromatic N) is 2. The van der Waals surface area contributed by atoms with Gasteiger partial charge in [0.2, 0.25) is 0 Å². The minimum atomic E-state index is -0.819. The summed E-state index contributed by atoms with van der Waals surface area (Å²) in [6.07, 6.45) is 0. The summed E-state index contributed by atoms with van der Waals surface area (Å²) in [4.78, 5) is 39.0. The van der Waals surface area contributed by atoms with Crippen LogP contribution in [-0.4, -0.2) is 20.7 Å². The van der Waals surface area contributed by atoms with E-state index in [0.29, 0.717) is 15.8 Å². The SMILES string of the molecule is Cc1sc(C(=O)NN)cc1CSc1nc(=O)c(=O)[nH]n1C. The van der Waals surface area contributed by atoms with Crippen molar-refractivity contribution in [2.75, 3.05) is 0 Å². The summed E-state index contributed by atoms with van der Waals surface area (Å²) >= 11 is 2.64. The maximum atomic E-state index is 11.5. The lowest BCUT2D eigenvalue weighted by molar-refractivity contribution is 0.0957. The Morgan fingerprint density at radius 3 is 2.95 bits per heavy atom. The number of rotatable bonds is 4. The Kier molecular flexibility index (Phi) is 4.60. The van der Waals surface area contributed by atoms with Crippen LogP contribution in [0.5, 0.6) is 0 Å². The van der Waals surface area contributed by atoms with Gasteiger partial charge in [-0.3, -0.25) is 29.6 Å².